The van der Waals surface area contributed by atoms with Gasteiger partial charge in [0.1, 0.15) is 0 Å². The number of amidine groups is 1. The van der Waals surface area contributed by atoms with Crippen molar-refractivity contribution in [3.05, 3.63) is 54.4 Å². The maximum atomic E-state index is 7.20. The molecule has 3 N–H and O–H groups in total. The van der Waals surface area contributed by atoms with Crippen LogP contribution in [0.4, 0.5) is 0 Å². The van der Waals surface area contributed by atoms with E-state index < -0.39 is 0 Å². The minimum absolute atomic E-state index is 0. The SMILES string of the molecule is Br.N=C(N)[Se]Cc1ccc(-n2cccc2)cc1. The van der Waals surface area contributed by atoms with Gasteiger partial charge in [-0.15, -0.1) is 17.0 Å². The Morgan fingerprint density at radius 2 is 1.76 bits per heavy atom. The third kappa shape index (κ3) is 4.04. The summed E-state index contributed by atoms with van der Waals surface area (Å²) in [4.78, 5) is 0. The molecule has 1 heterocycles. The van der Waals surface area contributed by atoms with Crippen molar-refractivity contribution in [1.82, 2.24) is 4.57 Å². The second-order valence-corrected chi connectivity index (χ2v) is 5.54. The van der Waals surface area contributed by atoms with Gasteiger partial charge < -0.3 is 0 Å². The Labute approximate surface area is 117 Å². The molecule has 0 fully saturated rings. The monoisotopic (exact) mass is 359 g/mol. The van der Waals surface area contributed by atoms with Crippen molar-refractivity contribution in [3.8, 4) is 5.69 Å². The number of nitrogens with zero attached hydrogens (tertiary/aromatic N) is 1. The molecule has 0 atom stereocenters. The maximum absolute atomic E-state index is 7.20. The molecule has 0 aliphatic rings. The van der Waals surface area contributed by atoms with Crippen molar-refractivity contribution in [2.75, 3.05) is 0 Å². The number of hydrogen-bond acceptors (Lipinski definition) is 1. The fourth-order valence-electron chi connectivity index (χ4n) is 1.43. The molecular weight excluding hydrogens is 345 g/mol. The van der Waals surface area contributed by atoms with Gasteiger partial charge in [0, 0.05) is 0 Å². The average Bonchev–Trinajstić information content (AvgIpc) is 2.80. The minimum atomic E-state index is 0. The Morgan fingerprint density at radius 3 is 2.29 bits per heavy atom. The first-order valence-electron chi connectivity index (χ1n) is 4.95. The van der Waals surface area contributed by atoms with E-state index in [1.54, 1.807) is 0 Å². The number of aromatic nitrogens is 1. The molecule has 0 aliphatic heterocycles. The standard InChI is InChI=1S/C12H13N3Se.BrH/c13-12(14)16-9-10-3-5-11(6-4-10)15-7-1-2-8-15;/h1-8H,9H2,(H3,13,14);1H. The van der Waals surface area contributed by atoms with Gasteiger partial charge >= 0.3 is 101 Å². The number of halogens is 1. The van der Waals surface area contributed by atoms with Crippen LogP contribution < -0.4 is 5.73 Å². The van der Waals surface area contributed by atoms with E-state index in [0.717, 1.165) is 11.0 Å². The zero-order valence-corrected chi connectivity index (χ0v) is 12.6. The van der Waals surface area contributed by atoms with Crippen LogP contribution in [0.2, 0.25) is 0 Å². The van der Waals surface area contributed by atoms with E-state index in [0.29, 0.717) is 4.73 Å². The first-order valence-corrected chi connectivity index (χ1v) is 7.01. The van der Waals surface area contributed by atoms with Gasteiger partial charge in [0.15, 0.2) is 0 Å². The van der Waals surface area contributed by atoms with Gasteiger partial charge in [-0.25, -0.2) is 0 Å². The molecule has 90 valence electrons. The van der Waals surface area contributed by atoms with E-state index in [1.807, 2.05) is 24.5 Å². The number of benzene rings is 1. The van der Waals surface area contributed by atoms with Crippen LogP contribution in [0.1, 0.15) is 5.56 Å². The van der Waals surface area contributed by atoms with Gasteiger partial charge in [0.25, 0.3) is 0 Å². The van der Waals surface area contributed by atoms with E-state index in [-0.39, 0.29) is 31.9 Å². The summed E-state index contributed by atoms with van der Waals surface area (Å²) < 4.78 is 2.38. The molecule has 0 bridgehead atoms. The predicted molar refractivity (Wildman–Crippen MR) is 77.5 cm³/mol. The van der Waals surface area contributed by atoms with Gasteiger partial charge in [0.2, 0.25) is 0 Å². The van der Waals surface area contributed by atoms with Gasteiger partial charge in [-0.05, 0) is 0 Å². The molecule has 2 aromatic rings. The second kappa shape index (κ2) is 6.64. The Morgan fingerprint density at radius 1 is 1.18 bits per heavy atom. The summed E-state index contributed by atoms with van der Waals surface area (Å²) in [7, 11) is 0. The Hall–Kier alpha value is -1.03. The fourth-order valence-corrected chi connectivity index (χ4v) is 2.51. The van der Waals surface area contributed by atoms with Crippen molar-refractivity contribution in [1.29, 1.82) is 5.41 Å². The molecule has 1 aromatic heterocycles. The number of hydrogen-bond donors (Lipinski definition) is 2. The third-order valence-electron chi connectivity index (χ3n) is 2.23. The zero-order chi connectivity index (χ0) is 11.4. The van der Waals surface area contributed by atoms with Gasteiger partial charge in [0.05, 0.1) is 0 Å². The normalized spacial score (nSPS) is 9.65. The van der Waals surface area contributed by atoms with Crippen LogP contribution in [0.3, 0.4) is 0 Å². The zero-order valence-electron chi connectivity index (χ0n) is 9.17. The molecule has 2 rings (SSSR count). The first kappa shape index (κ1) is 14.0. The van der Waals surface area contributed by atoms with Gasteiger partial charge in [-0.1, -0.05) is 0 Å². The molecule has 3 nitrogen and oxygen atoms in total. The quantitative estimate of drug-likeness (QED) is 0.491. The Kier molecular flexibility index (Phi) is 5.48. The summed E-state index contributed by atoms with van der Waals surface area (Å²) in [5, 5.41) is 8.10. The molecule has 0 unspecified atom stereocenters. The van der Waals surface area contributed by atoms with Crippen LogP contribution in [-0.4, -0.2) is 24.3 Å². The van der Waals surface area contributed by atoms with Crippen molar-refractivity contribution in [2.24, 2.45) is 5.73 Å². The van der Waals surface area contributed by atoms with Crippen LogP contribution in [0, 0.1) is 5.41 Å². The van der Waals surface area contributed by atoms with Crippen molar-refractivity contribution < 1.29 is 0 Å². The average molecular weight is 359 g/mol. The summed E-state index contributed by atoms with van der Waals surface area (Å²) in [6.07, 6.45) is 4.04. The van der Waals surface area contributed by atoms with Crippen LogP contribution in [-0.2, 0) is 5.32 Å². The topological polar surface area (TPSA) is 54.8 Å². The van der Waals surface area contributed by atoms with E-state index in [4.69, 9.17) is 11.1 Å². The summed E-state index contributed by atoms with van der Waals surface area (Å²) in [5.74, 6) is 0. The molecular formula is C12H14BrN3Se. The Balaban J connectivity index is 0.00000144. The predicted octanol–water partition coefficient (Wildman–Crippen LogP) is 2.15. The summed E-state index contributed by atoms with van der Waals surface area (Å²) in [5.41, 5.74) is 7.75. The molecule has 0 spiro atoms. The van der Waals surface area contributed by atoms with Crippen LogP contribution in [0.25, 0.3) is 5.69 Å². The number of nitrogens with one attached hydrogen (secondary N) is 1. The van der Waals surface area contributed by atoms with E-state index in [2.05, 4.69) is 28.8 Å². The van der Waals surface area contributed by atoms with Crippen molar-refractivity contribution in [3.63, 3.8) is 0 Å². The van der Waals surface area contributed by atoms with E-state index in [1.165, 1.54) is 5.56 Å². The van der Waals surface area contributed by atoms with Gasteiger partial charge in [-0.2, -0.15) is 0 Å². The van der Waals surface area contributed by atoms with E-state index in [9.17, 15) is 0 Å². The molecule has 1 aromatic carbocycles. The summed E-state index contributed by atoms with van der Waals surface area (Å²) in [6.45, 7) is 0. The van der Waals surface area contributed by atoms with Crippen molar-refractivity contribution >= 4 is 36.7 Å². The summed E-state index contributed by atoms with van der Waals surface area (Å²) >= 11 is 0.0922. The molecule has 0 amide bonds. The van der Waals surface area contributed by atoms with Gasteiger partial charge in [-0.3, -0.25) is 0 Å². The van der Waals surface area contributed by atoms with Crippen molar-refractivity contribution in [2.45, 2.75) is 5.32 Å². The fraction of sp³-hybridized carbons (Fsp3) is 0.0833. The third-order valence-corrected chi connectivity index (χ3v) is 3.89. The molecule has 0 saturated heterocycles. The molecule has 0 saturated carbocycles. The van der Waals surface area contributed by atoms with Crippen LogP contribution >= 0.6 is 17.0 Å². The number of nitrogens with two attached hydrogens (primary N) is 1. The summed E-state index contributed by atoms with van der Waals surface area (Å²) in [6, 6.07) is 12.4. The molecule has 0 aliphatic carbocycles. The molecule has 17 heavy (non-hydrogen) atoms. The first-order chi connectivity index (χ1) is 7.75. The Bertz CT molecular complexity index is 465. The number of rotatable bonds is 4. The van der Waals surface area contributed by atoms with Crippen LogP contribution in [0.15, 0.2) is 48.8 Å². The molecule has 0 radical (unpaired) electrons. The molecule has 5 heteroatoms. The van der Waals surface area contributed by atoms with Crippen LogP contribution in [0.5, 0.6) is 0 Å². The second-order valence-electron chi connectivity index (χ2n) is 3.41. The van der Waals surface area contributed by atoms with E-state index >= 15 is 0 Å².